The van der Waals surface area contributed by atoms with Gasteiger partial charge in [-0.1, -0.05) is 48.5 Å². The van der Waals surface area contributed by atoms with Crippen LogP contribution in [0.4, 0.5) is 18.0 Å². The van der Waals surface area contributed by atoms with Crippen LogP contribution in [-0.4, -0.2) is 42.6 Å². The SMILES string of the molecule is COc1ccc(C(=O)C2CC3CCCC(C2)N3C(=O)OCC2c3ccccc3-c3ccccc32)cc1C(F)(F)F. The van der Waals surface area contributed by atoms with Gasteiger partial charge in [0, 0.05) is 29.5 Å². The van der Waals surface area contributed by atoms with E-state index in [-0.39, 0.29) is 47.8 Å². The van der Waals surface area contributed by atoms with Crippen LogP contribution in [0.15, 0.2) is 66.7 Å². The highest BCUT2D eigenvalue weighted by molar-refractivity contribution is 5.98. The van der Waals surface area contributed by atoms with E-state index in [9.17, 15) is 22.8 Å². The lowest BCUT2D eigenvalue weighted by molar-refractivity contribution is -0.138. The summed E-state index contributed by atoms with van der Waals surface area (Å²) < 4.78 is 51.4. The van der Waals surface area contributed by atoms with Crippen molar-refractivity contribution in [2.24, 2.45) is 5.92 Å². The Morgan fingerprint density at radius 2 is 1.50 bits per heavy atom. The van der Waals surface area contributed by atoms with Crippen molar-refractivity contribution in [3.63, 3.8) is 0 Å². The molecule has 8 heteroatoms. The molecule has 3 aliphatic rings. The van der Waals surface area contributed by atoms with Gasteiger partial charge in [-0.05, 0) is 72.6 Å². The number of Topliss-reactive ketones (excluding diaryl/α,β-unsaturated/α-hetero) is 1. The summed E-state index contributed by atoms with van der Waals surface area (Å²) in [5.74, 6) is -1.14. The summed E-state index contributed by atoms with van der Waals surface area (Å²) in [6.07, 6.45) is -1.79. The minimum Gasteiger partial charge on any atom is -0.496 e. The van der Waals surface area contributed by atoms with Crippen molar-refractivity contribution in [3.8, 4) is 16.9 Å². The van der Waals surface area contributed by atoms with Crippen molar-refractivity contribution >= 4 is 11.9 Å². The lowest BCUT2D eigenvalue weighted by Crippen LogP contribution is -2.55. The molecule has 2 aliphatic heterocycles. The van der Waals surface area contributed by atoms with E-state index in [0.717, 1.165) is 47.6 Å². The highest BCUT2D eigenvalue weighted by Crippen LogP contribution is 2.45. The fraction of sp³-hybridized carbons (Fsp3) is 0.375. The molecule has 0 aromatic heterocycles. The number of hydrogen-bond acceptors (Lipinski definition) is 4. The zero-order valence-electron chi connectivity index (χ0n) is 22.1. The number of carbonyl (C=O) groups excluding carboxylic acids is 2. The maximum absolute atomic E-state index is 13.5. The molecule has 0 N–H and O–H groups in total. The van der Waals surface area contributed by atoms with Crippen LogP contribution in [-0.2, 0) is 10.9 Å². The number of carbonyl (C=O) groups is 2. The number of hydrogen-bond donors (Lipinski definition) is 0. The van der Waals surface area contributed by atoms with Crippen LogP contribution in [0, 0.1) is 5.92 Å². The first-order valence-electron chi connectivity index (χ1n) is 13.7. The van der Waals surface area contributed by atoms with Gasteiger partial charge in [0.25, 0.3) is 0 Å². The summed E-state index contributed by atoms with van der Waals surface area (Å²) in [5, 5.41) is 0. The van der Waals surface area contributed by atoms with Gasteiger partial charge in [0.05, 0.1) is 12.7 Å². The number of methoxy groups -OCH3 is 1. The Bertz CT molecular complexity index is 1390. The van der Waals surface area contributed by atoms with Crippen LogP contribution in [0.5, 0.6) is 5.75 Å². The molecule has 3 aromatic carbocycles. The fourth-order valence-electron chi connectivity index (χ4n) is 6.88. The molecule has 2 heterocycles. The summed E-state index contributed by atoms with van der Waals surface area (Å²) in [6, 6.07) is 19.4. The van der Waals surface area contributed by atoms with Gasteiger partial charge in [0.1, 0.15) is 12.4 Å². The normalized spacial score (nSPS) is 21.9. The molecule has 2 bridgehead atoms. The highest BCUT2D eigenvalue weighted by atomic mass is 19.4. The third-order valence-electron chi connectivity index (χ3n) is 8.68. The van der Waals surface area contributed by atoms with E-state index in [1.165, 1.54) is 19.2 Å². The molecule has 1 aliphatic carbocycles. The first kappa shape index (κ1) is 26.4. The van der Waals surface area contributed by atoms with Crippen LogP contribution in [0.3, 0.4) is 0 Å². The van der Waals surface area contributed by atoms with Crippen molar-refractivity contribution in [3.05, 3.63) is 89.0 Å². The van der Waals surface area contributed by atoms with E-state index >= 15 is 0 Å². The van der Waals surface area contributed by atoms with Gasteiger partial charge in [-0.15, -0.1) is 0 Å². The average molecular weight is 550 g/mol. The monoisotopic (exact) mass is 549 g/mol. The highest BCUT2D eigenvalue weighted by Gasteiger charge is 2.44. The molecule has 1 amide bonds. The number of rotatable bonds is 5. The number of nitrogens with zero attached hydrogens (tertiary/aromatic N) is 1. The summed E-state index contributed by atoms with van der Waals surface area (Å²) >= 11 is 0. The minimum absolute atomic E-state index is 0.0192. The zero-order chi connectivity index (χ0) is 28.0. The first-order valence-corrected chi connectivity index (χ1v) is 13.7. The Morgan fingerprint density at radius 1 is 0.900 bits per heavy atom. The standard InChI is InChI=1S/C32H30F3NO4/c1-39-29-14-13-19(17-28(29)32(33,34)35)30(37)20-15-21-7-6-8-22(16-20)36(21)31(38)40-18-27-25-11-4-2-9-23(25)24-10-3-5-12-26(24)27/h2-5,9-14,17,20-22,27H,6-8,15-16,18H2,1H3. The molecule has 5 nitrogen and oxygen atoms in total. The molecule has 3 aromatic rings. The molecule has 6 rings (SSSR count). The van der Waals surface area contributed by atoms with Gasteiger partial charge >= 0.3 is 12.3 Å². The minimum atomic E-state index is -4.63. The third-order valence-corrected chi connectivity index (χ3v) is 8.68. The van der Waals surface area contributed by atoms with Crippen LogP contribution in [0.25, 0.3) is 11.1 Å². The molecule has 2 fully saturated rings. The van der Waals surface area contributed by atoms with E-state index in [1.54, 1.807) is 4.90 Å². The fourth-order valence-corrected chi connectivity index (χ4v) is 6.88. The Hall–Kier alpha value is -3.81. The van der Waals surface area contributed by atoms with E-state index < -0.39 is 17.7 Å². The van der Waals surface area contributed by atoms with Gasteiger partial charge in [-0.25, -0.2) is 4.79 Å². The van der Waals surface area contributed by atoms with Gasteiger partial charge in [-0.3, -0.25) is 4.79 Å². The predicted molar refractivity (Wildman–Crippen MR) is 143 cm³/mol. The van der Waals surface area contributed by atoms with E-state index in [2.05, 4.69) is 24.3 Å². The Morgan fingerprint density at radius 3 is 2.08 bits per heavy atom. The van der Waals surface area contributed by atoms with Crippen molar-refractivity contribution in [1.29, 1.82) is 0 Å². The van der Waals surface area contributed by atoms with Gasteiger partial charge in [0.15, 0.2) is 5.78 Å². The lowest BCUT2D eigenvalue weighted by atomic mass is 9.75. The lowest BCUT2D eigenvalue weighted by Gasteiger charge is -2.47. The van der Waals surface area contributed by atoms with Gasteiger partial charge < -0.3 is 14.4 Å². The number of fused-ring (bicyclic) bond motifs is 5. The molecule has 0 spiro atoms. The van der Waals surface area contributed by atoms with Crippen LogP contribution in [0.2, 0.25) is 0 Å². The number of alkyl halides is 3. The second-order valence-corrected chi connectivity index (χ2v) is 10.9. The quantitative estimate of drug-likeness (QED) is 0.310. The number of benzene rings is 3. The first-order chi connectivity index (χ1) is 19.3. The number of halogens is 3. The molecule has 2 unspecified atom stereocenters. The predicted octanol–water partition coefficient (Wildman–Crippen LogP) is 7.48. The molecule has 0 saturated carbocycles. The van der Waals surface area contributed by atoms with Crippen molar-refractivity contribution < 1.29 is 32.2 Å². The summed E-state index contributed by atoms with van der Waals surface area (Å²) in [7, 11) is 1.17. The number of ether oxygens (including phenoxy) is 2. The van der Waals surface area contributed by atoms with Crippen molar-refractivity contribution in [2.45, 2.75) is 56.3 Å². The van der Waals surface area contributed by atoms with Crippen LogP contribution >= 0.6 is 0 Å². The summed E-state index contributed by atoms with van der Waals surface area (Å²) in [5.41, 5.74) is 3.64. The van der Waals surface area contributed by atoms with Gasteiger partial charge in [-0.2, -0.15) is 13.2 Å². The topological polar surface area (TPSA) is 55.8 Å². The molecular formula is C32H30F3NO4. The largest absolute Gasteiger partial charge is 0.496 e. The average Bonchev–Trinajstić information content (AvgIpc) is 3.27. The molecule has 40 heavy (non-hydrogen) atoms. The molecule has 0 radical (unpaired) electrons. The second-order valence-electron chi connectivity index (χ2n) is 10.9. The molecule has 2 saturated heterocycles. The maximum Gasteiger partial charge on any atom is 0.419 e. The second kappa shape index (κ2) is 10.3. The number of ketones is 1. The maximum atomic E-state index is 13.5. The Kier molecular flexibility index (Phi) is 6.80. The smallest absolute Gasteiger partial charge is 0.419 e. The molecule has 208 valence electrons. The van der Waals surface area contributed by atoms with Crippen LogP contribution < -0.4 is 4.74 Å². The van der Waals surface area contributed by atoms with E-state index in [4.69, 9.17) is 9.47 Å². The molecule has 2 atom stereocenters. The van der Waals surface area contributed by atoms with Crippen molar-refractivity contribution in [2.75, 3.05) is 13.7 Å². The number of amides is 1. The molecular weight excluding hydrogens is 519 g/mol. The van der Waals surface area contributed by atoms with E-state index in [1.807, 2.05) is 24.3 Å². The van der Waals surface area contributed by atoms with Crippen molar-refractivity contribution in [1.82, 2.24) is 4.90 Å². The number of piperidine rings is 2. The summed E-state index contributed by atoms with van der Waals surface area (Å²) in [4.78, 5) is 28.6. The Balaban J connectivity index is 1.16. The summed E-state index contributed by atoms with van der Waals surface area (Å²) in [6.45, 7) is 0.219. The van der Waals surface area contributed by atoms with E-state index in [0.29, 0.717) is 12.8 Å². The van der Waals surface area contributed by atoms with Gasteiger partial charge in [0.2, 0.25) is 0 Å². The van der Waals surface area contributed by atoms with Crippen LogP contribution in [0.1, 0.15) is 65.1 Å². The zero-order valence-corrected chi connectivity index (χ0v) is 22.1. The third kappa shape index (κ3) is 4.63. The Labute approximate surface area is 230 Å².